The van der Waals surface area contributed by atoms with E-state index < -0.39 is 5.54 Å². The van der Waals surface area contributed by atoms with E-state index in [0.29, 0.717) is 12.2 Å². The highest BCUT2D eigenvalue weighted by molar-refractivity contribution is 5.95. The molecule has 1 aliphatic carbocycles. The molecule has 1 aliphatic rings. The average Bonchev–Trinajstić information content (AvgIpc) is 2.38. The zero-order chi connectivity index (χ0) is 13.9. The largest absolute Gasteiger partial charge is 0.380 e. The zero-order valence-corrected chi connectivity index (χ0v) is 11.3. The van der Waals surface area contributed by atoms with Gasteiger partial charge < -0.3 is 9.64 Å². The molecule has 1 aromatic rings. The maximum absolute atomic E-state index is 12.4. The molecule has 0 saturated heterocycles. The molecule has 0 radical (unpaired) electrons. The predicted octanol–water partition coefficient (Wildman–Crippen LogP) is 2.35. The summed E-state index contributed by atoms with van der Waals surface area (Å²) < 4.78 is 5.07. The molecule has 1 amide bonds. The Bertz CT molecular complexity index is 515. The van der Waals surface area contributed by atoms with Gasteiger partial charge in [-0.3, -0.25) is 4.79 Å². The van der Waals surface area contributed by atoms with Crippen molar-refractivity contribution >= 4 is 5.91 Å². The maximum Gasteiger partial charge on any atom is 0.254 e. The van der Waals surface area contributed by atoms with Gasteiger partial charge in [0, 0.05) is 19.7 Å². The molecular formula is C15H18N2O2. The molecule has 0 spiro atoms. The van der Waals surface area contributed by atoms with E-state index in [4.69, 9.17) is 4.74 Å². The van der Waals surface area contributed by atoms with Gasteiger partial charge in [-0.2, -0.15) is 5.26 Å². The third-order valence-electron chi connectivity index (χ3n) is 3.82. The van der Waals surface area contributed by atoms with Gasteiger partial charge in [0.15, 0.2) is 0 Å². The Morgan fingerprint density at radius 1 is 1.53 bits per heavy atom. The van der Waals surface area contributed by atoms with Crippen molar-refractivity contribution in [2.45, 2.75) is 31.4 Å². The van der Waals surface area contributed by atoms with Gasteiger partial charge in [0.05, 0.1) is 12.7 Å². The number of methoxy groups -OCH3 is 1. The van der Waals surface area contributed by atoms with Crippen molar-refractivity contribution in [1.82, 2.24) is 4.90 Å². The molecule has 4 nitrogen and oxygen atoms in total. The van der Waals surface area contributed by atoms with E-state index in [1.54, 1.807) is 25.1 Å². The first-order chi connectivity index (χ1) is 9.13. The number of rotatable bonds is 4. The van der Waals surface area contributed by atoms with Gasteiger partial charge in [-0.25, -0.2) is 0 Å². The van der Waals surface area contributed by atoms with Crippen molar-refractivity contribution in [1.29, 1.82) is 5.26 Å². The van der Waals surface area contributed by atoms with E-state index >= 15 is 0 Å². The van der Waals surface area contributed by atoms with E-state index in [-0.39, 0.29) is 5.91 Å². The Labute approximate surface area is 113 Å². The summed E-state index contributed by atoms with van der Waals surface area (Å²) in [6, 6.07) is 9.65. The monoisotopic (exact) mass is 258 g/mol. The van der Waals surface area contributed by atoms with Crippen LogP contribution < -0.4 is 0 Å². The van der Waals surface area contributed by atoms with Crippen LogP contribution in [-0.4, -0.2) is 30.5 Å². The highest BCUT2D eigenvalue weighted by Gasteiger charge is 2.43. The fourth-order valence-corrected chi connectivity index (χ4v) is 2.38. The second kappa shape index (κ2) is 5.41. The number of carbonyl (C=O) groups excluding carboxylic acids is 1. The van der Waals surface area contributed by atoms with E-state index in [1.165, 1.54) is 0 Å². The van der Waals surface area contributed by atoms with Crippen LogP contribution >= 0.6 is 0 Å². The van der Waals surface area contributed by atoms with Gasteiger partial charge in [-0.1, -0.05) is 12.1 Å². The Morgan fingerprint density at radius 3 is 2.79 bits per heavy atom. The number of carbonyl (C=O) groups is 1. The van der Waals surface area contributed by atoms with Crippen LogP contribution in [0.1, 0.15) is 35.2 Å². The summed E-state index contributed by atoms with van der Waals surface area (Å²) in [5.74, 6) is -0.0980. The first-order valence-electron chi connectivity index (χ1n) is 6.40. The number of nitriles is 1. The van der Waals surface area contributed by atoms with Crippen LogP contribution in [0.25, 0.3) is 0 Å². The summed E-state index contributed by atoms with van der Waals surface area (Å²) in [6.45, 7) is 0.480. The summed E-state index contributed by atoms with van der Waals surface area (Å²) in [5, 5.41) is 9.28. The lowest BCUT2D eigenvalue weighted by atomic mass is 9.76. The quantitative estimate of drug-likeness (QED) is 0.833. The number of hydrogen-bond acceptors (Lipinski definition) is 3. The summed E-state index contributed by atoms with van der Waals surface area (Å²) in [7, 11) is 3.34. The van der Waals surface area contributed by atoms with Gasteiger partial charge in [0.25, 0.3) is 5.91 Å². The van der Waals surface area contributed by atoms with Crippen LogP contribution in [-0.2, 0) is 11.3 Å². The molecule has 0 bridgehead atoms. The smallest absolute Gasteiger partial charge is 0.254 e. The Balaban J connectivity index is 2.19. The molecule has 4 heteroatoms. The molecular weight excluding hydrogens is 240 g/mol. The summed E-state index contributed by atoms with van der Waals surface area (Å²) >= 11 is 0. The molecule has 0 N–H and O–H groups in total. The lowest BCUT2D eigenvalue weighted by Crippen LogP contribution is -2.53. The van der Waals surface area contributed by atoms with Crippen molar-refractivity contribution in [3.8, 4) is 6.07 Å². The molecule has 100 valence electrons. The number of nitrogens with zero attached hydrogens (tertiary/aromatic N) is 2. The molecule has 0 aliphatic heterocycles. The summed E-state index contributed by atoms with van der Waals surface area (Å²) in [4.78, 5) is 14.0. The van der Waals surface area contributed by atoms with Gasteiger partial charge >= 0.3 is 0 Å². The van der Waals surface area contributed by atoms with Crippen molar-refractivity contribution in [3.05, 3.63) is 35.4 Å². The lowest BCUT2D eigenvalue weighted by molar-refractivity contribution is 0.0497. The maximum atomic E-state index is 12.4. The van der Waals surface area contributed by atoms with Crippen LogP contribution in [0.3, 0.4) is 0 Å². The van der Waals surface area contributed by atoms with Crippen LogP contribution in [0.2, 0.25) is 0 Å². The minimum atomic E-state index is -0.603. The van der Waals surface area contributed by atoms with E-state index in [9.17, 15) is 10.1 Å². The number of hydrogen-bond donors (Lipinski definition) is 0. The Morgan fingerprint density at radius 2 is 2.26 bits per heavy atom. The lowest BCUT2D eigenvalue weighted by Gasteiger charge is -2.42. The van der Waals surface area contributed by atoms with Gasteiger partial charge in [-0.05, 0) is 37.0 Å². The highest BCUT2D eigenvalue weighted by atomic mass is 16.5. The van der Waals surface area contributed by atoms with Crippen molar-refractivity contribution in [2.75, 3.05) is 14.2 Å². The molecule has 0 aromatic heterocycles. The Hall–Kier alpha value is -1.86. The zero-order valence-electron chi connectivity index (χ0n) is 11.3. The second-order valence-electron chi connectivity index (χ2n) is 4.99. The van der Waals surface area contributed by atoms with E-state index in [0.717, 1.165) is 24.8 Å². The minimum Gasteiger partial charge on any atom is -0.380 e. The van der Waals surface area contributed by atoms with Gasteiger partial charge in [-0.15, -0.1) is 0 Å². The van der Waals surface area contributed by atoms with Gasteiger partial charge in [0.1, 0.15) is 5.54 Å². The third-order valence-corrected chi connectivity index (χ3v) is 3.82. The average molecular weight is 258 g/mol. The van der Waals surface area contributed by atoms with Gasteiger partial charge in [0.2, 0.25) is 0 Å². The first kappa shape index (κ1) is 13.6. The van der Waals surface area contributed by atoms with Crippen molar-refractivity contribution in [3.63, 3.8) is 0 Å². The third kappa shape index (κ3) is 2.47. The predicted molar refractivity (Wildman–Crippen MR) is 71.4 cm³/mol. The van der Waals surface area contributed by atoms with Crippen LogP contribution in [0.4, 0.5) is 0 Å². The van der Waals surface area contributed by atoms with Crippen molar-refractivity contribution in [2.24, 2.45) is 0 Å². The molecule has 0 atom stereocenters. The van der Waals surface area contributed by atoms with Crippen LogP contribution in [0.5, 0.6) is 0 Å². The molecule has 0 heterocycles. The standard InChI is InChI=1S/C15H18N2O2/c1-17(15(11-16)7-4-8-15)14(18)13-6-3-5-12(9-13)10-19-2/h3,5-6,9H,4,7-8,10H2,1-2H3. The first-order valence-corrected chi connectivity index (χ1v) is 6.40. The topological polar surface area (TPSA) is 53.3 Å². The SMILES string of the molecule is COCc1cccc(C(=O)N(C)C2(C#N)CCC2)c1. The fraction of sp³-hybridized carbons (Fsp3) is 0.467. The second-order valence-corrected chi connectivity index (χ2v) is 4.99. The molecule has 0 unspecified atom stereocenters. The molecule has 2 rings (SSSR count). The number of amides is 1. The molecule has 1 aromatic carbocycles. The minimum absolute atomic E-state index is 0.0980. The highest BCUT2D eigenvalue weighted by Crippen LogP contribution is 2.36. The molecule has 19 heavy (non-hydrogen) atoms. The van der Waals surface area contributed by atoms with E-state index in [1.807, 2.05) is 18.2 Å². The number of benzene rings is 1. The molecule has 1 saturated carbocycles. The van der Waals surface area contributed by atoms with E-state index in [2.05, 4.69) is 6.07 Å². The summed E-state index contributed by atoms with van der Waals surface area (Å²) in [5.41, 5.74) is 0.967. The van der Waals surface area contributed by atoms with Crippen LogP contribution in [0.15, 0.2) is 24.3 Å². The normalized spacial score (nSPS) is 16.3. The van der Waals surface area contributed by atoms with Crippen LogP contribution in [0, 0.1) is 11.3 Å². The molecule has 1 fully saturated rings. The fourth-order valence-electron chi connectivity index (χ4n) is 2.38. The Kier molecular flexibility index (Phi) is 3.87. The van der Waals surface area contributed by atoms with Crippen molar-refractivity contribution < 1.29 is 9.53 Å². The number of ether oxygens (including phenoxy) is 1. The summed E-state index contributed by atoms with van der Waals surface area (Å²) in [6.07, 6.45) is 2.54.